The number of carbonyl (C=O) groups is 1. The molecule has 144 valence electrons. The van der Waals surface area contributed by atoms with Crippen molar-refractivity contribution in [2.75, 3.05) is 6.54 Å². The van der Waals surface area contributed by atoms with Crippen molar-refractivity contribution in [2.45, 2.75) is 33.4 Å². The third kappa shape index (κ3) is 3.13. The molecule has 28 heavy (non-hydrogen) atoms. The van der Waals surface area contributed by atoms with Crippen LogP contribution in [-0.2, 0) is 6.54 Å². The van der Waals surface area contributed by atoms with Gasteiger partial charge in [-0.05, 0) is 12.8 Å². The van der Waals surface area contributed by atoms with Crippen molar-refractivity contribution < 1.29 is 4.79 Å². The Balaban J connectivity index is 1.73. The molecular formula is C21H23N5O2. The summed E-state index contributed by atoms with van der Waals surface area (Å²) in [5.74, 6) is 1.27. The molecule has 1 N–H and O–H groups in total. The van der Waals surface area contributed by atoms with Gasteiger partial charge >= 0.3 is 0 Å². The number of H-pyrrole nitrogens is 1. The number of fused-ring (bicyclic) bond motifs is 1. The molecule has 2 aromatic heterocycles. The number of pyridine rings is 1. The lowest BCUT2D eigenvalue weighted by atomic mass is 9.99. The monoisotopic (exact) mass is 377 g/mol. The number of aromatic nitrogens is 4. The van der Waals surface area contributed by atoms with Gasteiger partial charge in [-0.15, -0.1) is 0 Å². The number of rotatable bonds is 3. The predicted molar refractivity (Wildman–Crippen MR) is 106 cm³/mol. The van der Waals surface area contributed by atoms with E-state index in [-0.39, 0.29) is 28.9 Å². The van der Waals surface area contributed by atoms with E-state index in [2.05, 4.69) is 23.9 Å². The van der Waals surface area contributed by atoms with E-state index in [1.54, 1.807) is 11.8 Å². The minimum atomic E-state index is -0.268. The summed E-state index contributed by atoms with van der Waals surface area (Å²) in [7, 11) is 0. The van der Waals surface area contributed by atoms with Crippen LogP contribution in [0, 0.1) is 12.8 Å². The van der Waals surface area contributed by atoms with E-state index in [1.165, 1.54) is 12.3 Å². The number of aryl methyl sites for hydroxylation is 1. The molecule has 3 heterocycles. The topological polar surface area (TPSA) is 83.9 Å². The SMILES string of the molecule is Cc1cc(=O)c(C(=O)N2CCn3nc(-c4ccccc4)nc3[C@@H]2C(C)C)c[nH]1. The average Bonchev–Trinajstić information content (AvgIpc) is 3.11. The van der Waals surface area contributed by atoms with Crippen LogP contribution in [0.4, 0.5) is 0 Å². The van der Waals surface area contributed by atoms with Crippen LogP contribution in [0.1, 0.15) is 41.8 Å². The van der Waals surface area contributed by atoms with Gasteiger partial charge in [0, 0.05) is 30.1 Å². The van der Waals surface area contributed by atoms with Crippen LogP contribution < -0.4 is 5.43 Å². The van der Waals surface area contributed by atoms with E-state index >= 15 is 0 Å². The van der Waals surface area contributed by atoms with Gasteiger partial charge in [-0.1, -0.05) is 44.2 Å². The molecule has 1 aliphatic rings. The van der Waals surface area contributed by atoms with Gasteiger partial charge in [-0.2, -0.15) is 5.10 Å². The number of nitrogens with zero attached hydrogens (tertiary/aromatic N) is 4. The zero-order valence-corrected chi connectivity index (χ0v) is 16.2. The lowest BCUT2D eigenvalue weighted by molar-refractivity contribution is 0.0535. The first-order valence-corrected chi connectivity index (χ1v) is 9.46. The maximum absolute atomic E-state index is 13.2. The van der Waals surface area contributed by atoms with Gasteiger partial charge in [0.2, 0.25) is 0 Å². The Morgan fingerprint density at radius 3 is 2.64 bits per heavy atom. The fraction of sp³-hybridized carbons (Fsp3) is 0.333. The number of amides is 1. The molecule has 0 fully saturated rings. The molecule has 7 heteroatoms. The standard InChI is InChI=1S/C21H23N5O2/c1-13(2)18-20-23-19(15-7-5-4-6-8-15)24-26(20)10-9-25(18)21(28)16-12-22-14(3)11-17(16)27/h4-8,11-13,18H,9-10H2,1-3H3,(H,22,27)/t18-/m0/s1. The van der Waals surface area contributed by atoms with E-state index in [0.717, 1.165) is 17.1 Å². The molecule has 0 unspecified atom stereocenters. The Kier molecular flexibility index (Phi) is 4.58. The van der Waals surface area contributed by atoms with Gasteiger partial charge in [0.15, 0.2) is 17.1 Å². The highest BCUT2D eigenvalue weighted by Gasteiger charge is 2.37. The molecule has 1 atom stereocenters. The Hall–Kier alpha value is -3.22. The maximum atomic E-state index is 13.2. The van der Waals surface area contributed by atoms with Crippen LogP contribution in [0.15, 0.2) is 47.4 Å². The molecule has 7 nitrogen and oxygen atoms in total. The molecule has 0 spiro atoms. The first kappa shape index (κ1) is 18.2. The number of nitrogens with one attached hydrogen (secondary N) is 1. The minimum Gasteiger partial charge on any atom is -0.364 e. The van der Waals surface area contributed by atoms with Gasteiger partial charge in [0.05, 0.1) is 12.6 Å². The van der Waals surface area contributed by atoms with Crippen LogP contribution in [0.2, 0.25) is 0 Å². The third-order valence-electron chi connectivity index (χ3n) is 5.07. The lowest BCUT2D eigenvalue weighted by Gasteiger charge is -2.37. The van der Waals surface area contributed by atoms with Crippen molar-refractivity contribution in [1.29, 1.82) is 0 Å². The Labute approximate surface area is 163 Å². The first-order valence-electron chi connectivity index (χ1n) is 9.46. The Bertz CT molecular complexity index is 1070. The quantitative estimate of drug-likeness (QED) is 0.761. The molecule has 4 rings (SSSR count). The third-order valence-corrected chi connectivity index (χ3v) is 5.07. The smallest absolute Gasteiger partial charge is 0.260 e. The van der Waals surface area contributed by atoms with Gasteiger partial charge in [-0.3, -0.25) is 9.59 Å². The van der Waals surface area contributed by atoms with Crippen molar-refractivity contribution in [2.24, 2.45) is 5.92 Å². The summed E-state index contributed by atoms with van der Waals surface area (Å²) in [6.07, 6.45) is 1.51. The molecule has 0 saturated carbocycles. The zero-order chi connectivity index (χ0) is 19.8. The average molecular weight is 377 g/mol. The molecular weight excluding hydrogens is 354 g/mol. The van der Waals surface area contributed by atoms with Crippen molar-refractivity contribution in [1.82, 2.24) is 24.6 Å². The van der Waals surface area contributed by atoms with E-state index in [4.69, 9.17) is 4.98 Å². The van der Waals surface area contributed by atoms with Crippen LogP contribution in [-0.4, -0.2) is 37.1 Å². The first-order chi connectivity index (χ1) is 13.5. The van der Waals surface area contributed by atoms with Crippen LogP contribution >= 0.6 is 0 Å². The molecule has 0 saturated heterocycles. The summed E-state index contributed by atoms with van der Waals surface area (Å²) in [6.45, 7) is 6.93. The second-order valence-electron chi connectivity index (χ2n) is 7.46. The predicted octanol–water partition coefficient (Wildman–Crippen LogP) is 2.79. The fourth-order valence-corrected chi connectivity index (χ4v) is 3.71. The van der Waals surface area contributed by atoms with E-state index in [9.17, 15) is 9.59 Å². The molecule has 1 aromatic carbocycles. The summed E-state index contributed by atoms with van der Waals surface area (Å²) in [6, 6.07) is 11.0. The van der Waals surface area contributed by atoms with Gasteiger partial charge in [0.25, 0.3) is 5.91 Å². The Morgan fingerprint density at radius 1 is 1.21 bits per heavy atom. The van der Waals surface area contributed by atoms with Gasteiger partial charge in [-0.25, -0.2) is 9.67 Å². The maximum Gasteiger partial charge on any atom is 0.260 e. The second kappa shape index (κ2) is 7.07. The second-order valence-corrected chi connectivity index (χ2v) is 7.46. The van der Waals surface area contributed by atoms with Crippen LogP contribution in [0.3, 0.4) is 0 Å². The van der Waals surface area contributed by atoms with E-state index < -0.39 is 0 Å². The summed E-state index contributed by atoms with van der Waals surface area (Å²) >= 11 is 0. The molecule has 3 aromatic rings. The molecule has 0 radical (unpaired) electrons. The van der Waals surface area contributed by atoms with Crippen molar-refractivity contribution >= 4 is 5.91 Å². The summed E-state index contributed by atoms with van der Waals surface area (Å²) in [5, 5.41) is 4.65. The lowest BCUT2D eigenvalue weighted by Crippen LogP contribution is -2.45. The van der Waals surface area contributed by atoms with Crippen molar-refractivity contribution in [3.8, 4) is 11.4 Å². The molecule has 1 amide bonds. The number of carbonyl (C=O) groups excluding carboxylic acids is 1. The zero-order valence-electron chi connectivity index (χ0n) is 16.2. The van der Waals surface area contributed by atoms with E-state index in [1.807, 2.05) is 35.0 Å². The highest BCUT2D eigenvalue weighted by atomic mass is 16.2. The summed E-state index contributed by atoms with van der Waals surface area (Å²) in [5.41, 5.74) is 1.57. The largest absolute Gasteiger partial charge is 0.364 e. The molecule has 0 aliphatic carbocycles. The molecule has 0 bridgehead atoms. The number of hydrogen-bond donors (Lipinski definition) is 1. The summed E-state index contributed by atoms with van der Waals surface area (Å²) in [4.78, 5) is 35.0. The number of benzene rings is 1. The normalized spacial score (nSPS) is 16.3. The Morgan fingerprint density at radius 2 is 1.96 bits per heavy atom. The van der Waals surface area contributed by atoms with E-state index in [0.29, 0.717) is 18.9 Å². The van der Waals surface area contributed by atoms with Crippen molar-refractivity contribution in [3.63, 3.8) is 0 Å². The number of hydrogen-bond acceptors (Lipinski definition) is 4. The minimum absolute atomic E-state index is 0.125. The fourth-order valence-electron chi connectivity index (χ4n) is 3.71. The highest BCUT2D eigenvalue weighted by Crippen LogP contribution is 2.33. The van der Waals surface area contributed by atoms with Crippen LogP contribution in [0.5, 0.6) is 0 Å². The van der Waals surface area contributed by atoms with Crippen LogP contribution in [0.25, 0.3) is 11.4 Å². The number of aromatic amines is 1. The van der Waals surface area contributed by atoms with Crippen molar-refractivity contribution in [3.05, 3.63) is 69.9 Å². The van der Waals surface area contributed by atoms with Gasteiger partial charge in [0.1, 0.15) is 5.56 Å². The van der Waals surface area contributed by atoms with Gasteiger partial charge < -0.3 is 9.88 Å². The highest BCUT2D eigenvalue weighted by molar-refractivity contribution is 5.94. The summed E-state index contributed by atoms with van der Waals surface area (Å²) < 4.78 is 1.89. The molecule has 1 aliphatic heterocycles.